The minimum Gasteiger partial charge on any atom is -0.435 e. The van der Waals surface area contributed by atoms with Gasteiger partial charge in [-0.15, -0.1) is 0 Å². The lowest BCUT2D eigenvalue weighted by Gasteiger charge is -2.25. The van der Waals surface area contributed by atoms with E-state index in [9.17, 15) is 21.6 Å². The molecule has 1 aliphatic rings. The minimum absolute atomic E-state index is 0.0286. The number of anilines is 2. The number of nitrogens with one attached hydrogen (secondary N) is 1. The zero-order chi connectivity index (χ0) is 22.9. The van der Waals surface area contributed by atoms with Gasteiger partial charge in [-0.1, -0.05) is 6.42 Å². The van der Waals surface area contributed by atoms with Gasteiger partial charge in [0, 0.05) is 18.5 Å². The fourth-order valence-electron chi connectivity index (χ4n) is 3.20. The summed E-state index contributed by atoms with van der Waals surface area (Å²) in [4.78, 5) is 11.8. The number of nitrogens with two attached hydrogens (primary N) is 1. The quantitative estimate of drug-likeness (QED) is 0.508. The smallest absolute Gasteiger partial charge is 0.233 e. The summed E-state index contributed by atoms with van der Waals surface area (Å²) in [5.41, 5.74) is 5.04. The van der Waals surface area contributed by atoms with Gasteiger partial charge in [-0.05, 0) is 37.0 Å². The normalized spacial score (nSPS) is 14.1. The Bertz CT molecular complexity index is 1270. The largest absolute Gasteiger partial charge is 0.435 e. The molecule has 3 N–H and O–H groups in total. The molecule has 168 valence electrons. The molecule has 0 amide bonds. The average Bonchev–Trinajstić information content (AvgIpc) is 2.72. The van der Waals surface area contributed by atoms with E-state index >= 15 is 0 Å². The molecule has 0 aliphatic heterocycles. The van der Waals surface area contributed by atoms with Crippen LogP contribution in [-0.2, 0) is 10.0 Å². The lowest BCUT2D eigenvalue weighted by Crippen LogP contribution is -2.27. The Kier molecular flexibility index (Phi) is 5.87. The maximum absolute atomic E-state index is 14.7. The fraction of sp³-hybridized carbons (Fsp3) is 0.250. The molecule has 1 saturated carbocycles. The van der Waals surface area contributed by atoms with E-state index in [0.29, 0.717) is 11.8 Å². The van der Waals surface area contributed by atoms with Gasteiger partial charge in [-0.25, -0.2) is 32.2 Å². The Labute approximate surface area is 181 Å². The van der Waals surface area contributed by atoms with Gasteiger partial charge >= 0.3 is 0 Å². The maximum atomic E-state index is 14.7. The summed E-state index contributed by atoms with van der Waals surface area (Å²) in [5.74, 6) is -6.04. The Morgan fingerprint density at radius 2 is 1.91 bits per heavy atom. The molecule has 0 atom stereocenters. The lowest BCUT2D eigenvalue weighted by atomic mass is 9.87. The van der Waals surface area contributed by atoms with Gasteiger partial charge in [-0.3, -0.25) is 4.72 Å². The van der Waals surface area contributed by atoms with Crippen LogP contribution in [0.25, 0.3) is 11.3 Å². The summed E-state index contributed by atoms with van der Waals surface area (Å²) >= 11 is 0. The lowest BCUT2D eigenvalue weighted by molar-refractivity contribution is 0.347. The molecule has 1 aromatic carbocycles. The van der Waals surface area contributed by atoms with Crippen LogP contribution in [0, 0.1) is 23.4 Å². The zero-order valence-electron chi connectivity index (χ0n) is 16.6. The van der Waals surface area contributed by atoms with Crippen molar-refractivity contribution in [3.05, 3.63) is 54.1 Å². The van der Waals surface area contributed by atoms with Crippen molar-refractivity contribution in [1.82, 2.24) is 15.0 Å². The Balaban J connectivity index is 1.64. The SMILES string of the molecule is Nc1nccc(-c2cccnc2Oc2cc(F)c(NS(=O)(=O)CC3CCC3)c(F)c2F)n1. The van der Waals surface area contributed by atoms with Crippen LogP contribution in [0.5, 0.6) is 11.6 Å². The van der Waals surface area contributed by atoms with Crippen molar-refractivity contribution in [2.24, 2.45) is 5.92 Å². The topological polar surface area (TPSA) is 120 Å². The number of pyridine rings is 1. The summed E-state index contributed by atoms with van der Waals surface area (Å²) < 4.78 is 75.3. The zero-order valence-corrected chi connectivity index (χ0v) is 17.4. The van der Waals surface area contributed by atoms with Gasteiger partial charge in [0.15, 0.2) is 17.4 Å². The molecule has 0 unspecified atom stereocenters. The van der Waals surface area contributed by atoms with Crippen LogP contribution in [0.3, 0.4) is 0 Å². The third-order valence-corrected chi connectivity index (χ3v) is 6.42. The van der Waals surface area contributed by atoms with Gasteiger partial charge < -0.3 is 10.5 Å². The number of ether oxygens (including phenoxy) is 1. The number of hydrogen-bond donors (Lipinski definition) is 2. The molecule has 8 nitrogen and oxygen atoms in total. The van der Waals surface area contributed by atoms with Gasteiger partial charge in [0.2, 0.25) is 27.7 Å². The third-order valence-electron chi connectivity index (χ3n) is 4.99. The van der Waals surface area contributed by atoms with E-state index in [-0.39, 0.29) is 29.1 Å². The molecule has 0 spiro atoms. The molecule has 12 heteroatoms. The predicted molar refractivity (Wildman–Crippen MR) is 111 cm³/mol. The van der Waals surface area contributed by atoms with Crippen LogP contribution in [0.1, 0.15) is 19.3 Å². The number of rotatable bonds is 7. The Morgan fingerprint density at radius 1 is 1.12 bits per heavy atom. The summed E-state index contributed by atoms with van der Waals surface area (Å²) in [7, 11) is -4.05. The molecule has 0 radical (unpaired) electrons. The summed E-state index contributed by atoms with van der Waals surface area (Å²) in [6.45, 7) is 0. The van der Waals surface area contributed by atoms with Gasteiger partial charge in [-0.2, -0.15) is 4.39 Å². The van der Waals surface area contributed by atoms with Crippen molar-refractivity contribution in [3.8, 4) is 22.9 Å². The highest BCUT2D eigenvalue weighted by Crippen LogP contribution is 2.36. The average molecular weight is 465 g/mol. The molecule has 1 fully saturated rings. The Morgan fingerprint density at radius 3 is 2.59 bits per heavy atom. The molecule has 4 rings (SSSR count). The van der Waals surface area contributed by atoms with Crippen molar-refractivity contribution in [2.75, 3.05) is 16.2 Å². The second-order valence-electron chi connectivity index (χ2n) is 7.30. The molecule has 0 bridgehead atoms. The number of nitrogen functional groups attached to an aromatic ring is 1. The van der Waals surface area contributed by atoms with Crippen LogP contribution in [0.4, 0.5) is 24.8 Å². The van der Waals surface area contributed by atoms with Crippen molar-refractivity contribution in [2.45, 2.75) is 19.3 Å². The number of hydrogen-bond acceptors (Lipinski definition) is 7. The Hall–Kier alpha value is -3.41. The first kappa shape index (κ1) is 21.8. The van der Waals surface area contributed by atoms with Crippen molar-refractivity contribution < 1.29 is 26.3 Å². The summed E-state index contributed by atoms with van der Waals surface area (Å²) in [5, 5.41) is 0. The molecule has 2 heterocycles. The molecule has 0 saturated heterocycles. The maximum Gasteiger partial charge on any atom is 0.233 e. The van der Waals surface area contributed by atoms with Crippen LogP contribution < -0.4 is 15.2 Å². The predicted octanol–water partition coefficient (Wildman–Crippen LogP) is 3.87. The van der Waals surface area contributed by atoms with Crippen molar-refractivity contribution in [3.63, 3.8) is 0 Å². The van der Waals surface area contributed by atoms with E-state index in [1.165, 1.54) is 24.5 Å². The van der Waals surface area contributed by atoms with Gasteiger partial charge in [0.05, 0.1) is 17.0 Å². The van der Waals surface area contributed by atoms with Crippen molar-refractivity contribution >= 4 is 21.7 Å². The first-order chi connectivity index (χ1) is 15.2. The number of nitrogens with zero attached hydrogens (tertiary/aromatic N) is 3. The number of aromatic nitrogens is 3. The van der Waals surface area contributed by atoms with Gasteiger partial charge in [0.1, 0.15) is 5.69 Å². The number of halogens is 3. The standard InChI is InChI=1S/C20H18F3N5O3S/c21-13-9-15(16(22)17(23)18(13)28-32(29,30)10-11-3-1-4-11)31-19-12(5-2-7-25-19)14-6-8-26-20(24)27-14/h2,5-9,11,28H,1,3-4,10H2,(H2,24,26,27). The highest BCUT2D eigenvalue weighted by Gasteiger charge is 2.28. The van der Waals surface area contributed by atoms with E-state index < -0.39 is 38.9 Å². The third kappa shape index (κ3) is 4.59. The number of benzene rings is 1. The molecule has 1 aliphatic carbocycles. The van der Waals surface area contributed by atoms with Crippen LogP contribution >= 0.6 is 0 Å². The second-order valence-corrected chi connectivity index (χ2v) is 9.07. The molecular weight excluding hydrogens is 447 g/mol. The minimum atomic E-state index is -4.05. The van der Waals surface area contributed by atoms with Crippen LogP contribution in [0.15, 0.2) is 36.7 Å². The van der Waals surface area contributed by atoms with E-state index in [1.54, 1.807) is 6.07 Å². The van der Waals surface area contributed by atoms with Gasteiger partial charge in [0.25, 0.3) is 0 Å². The molecule has 3 aromatic rings. The van der Waals surface area contributed by atoms with Crippen LogP contribution in [0.2, 0.25) is 0 Å². The summed E-state index contributed by atoms with van der Waals surface area (Å²) in [6, 6.07) is 5.14. The summed E-state index contributed by atoms with van der Waals surface area (Å²) in [6.07, 6.45) is 5.06. The monoisotopic (exact) mass is 465 g/mol. The van der Waals surface area contributed by atoms with Crippen molar-refractivity contribution in [1.29, 1.82) is 0 Å². The highest BCUT2D eigenvalue weighted by molar-refractivity contribution is 7.92. The molecule has 32 heavy (non-hydrogen) atoms. The highest BCUT2D eigenvalue weighted by atomic mass is 32.2. The molecule has 2 aromatic heterocycles. The molecular formula is C20H18F3N5O3S. The van der Waals surface area contributed by atoms with Crippen LogP contribution in [-0.4, -0.2) is 29.1 Å². The van der Waals surface area contributed by atoms with E-state index in [1.807, 2.05) is 4.72 Å². The fourth-order valence-corrected chi connectivity index (χ4v) is 4.74. The second kappa shape index (κ2) is 8.61. The van der Waals surface area contributed by atoms with E-state index in [4.69, 9.17) is 10.5 Å². The number of sulfonamides is 1. The first-order valence-corrected chi connectivity index (χ1v) is 11.3. The first-order valence-electron chi connectivity index (χ1n) is 9.63. The van der Waals surface area contributed by atoms with E-state index in [2.05, 4.69) is 15.0 Å². The van der Waals surface area contributed by atoms with E-state index in [0.717, 1.165) is 19.3 Å².